The second-order valence-electron chi connectivity index (χ2n) is 7.70. The van der Waals surface area contributed by atoms with Gasteiger partial charge in [0, 0.05) is 22.4 Å². The van der Waals surface area contributed by atoms with Crippen molar-refractivity contribution in [2.45, 2.75) is 32.1 Å². The van der Waals surface area contributed by atoms with Crippen molar-refractivity contribution in [2.75, 3.05) is 6.61 Å². The van der Waals surface area contributed by atoms with Crippen molar-refractivity contribution in [3.05, 3.63) is 71.7 Å². The zero-order valence-corrected chi connectivity index (χ0v) is 17.6. The van der Waals surface area contributed by atoms with Crippen molar-refractivity contribution >= 4 is 34.5 Å². The molecule has 1 fully saturated rings. The zero-order chi connectivity index (χ0) is 22.7. The summed E-state index contributed by atoms with van der Waals surface area (Å²) in [7, 11) is 0. The summed E-state index contributed by atoms with van der Waals surface area (Å²) >= 11 is 0. The SMILES string of the molecule is CCOC(=O)C(=O)CC(=O)/C=C/c1c(C2CC2)nc2ccccc2c1-c1ccc(F)cc1. The minimum Gasteiger partial charge on any atom is -0.460 e. The number of hydrogen-bond acceptors (Lipinski definition) is 5. The maximum absolute atomic E-state index is 13.6. The number of ether oxygens (including phenoxy) is 1. The number of nitrogens with zero attached hydrogens (tertiary/aromatic N) is 1. The maximum atomic E-state index is 13.6. The lowest BCUT2D eigenvalue weighted by Gasteiger charge is -2.15. The molecule has 32 heavy (non-hydrogen) atoms. The van der Waals surface area contributed by atoms with E-state index in [2.05, 4.69) is 4.74 Å². The lowest BCUT2D eigenvalue weighted by molar-refractivity contribution is -0.154. The molecule has 1 aliphatic rings. The molecular formula is C26H22FNO4. The molecule has 3 aromatic rings. The van der Waals surface area contributed by atoms with Gasteiger partial charge in [-0.05, 0) is 55.7 Å². The van der Waals surface area contributed by atoms with E-state index in [4.69, 9.17) is 4.98 Å². The molecule has 0 bridgehead atoms. The van der Waals surface area contributed by atoms with Crippen molar-refractivity contribution in [3.8, 4) is 11.1 Å². The third-order valence-corrected chi connectivity index (χ3v) is 5.33. The first kappa shape index (κ1) is 21.6. The van der Waals surface area contributed by atoms with Gasteiger partial charge in [0.1, 0.15) is 5.82 Å². The first-order chi connectivity index (χ1) is 15.5. The van der Waals surface area contributed by atoms with E-state index in [-0.39, 0.29) is 18.3 Å². The quantitative estimate of drug-likeness (QED) is 0.217. The van der Waals surface area contributed by atoms with Crippen molar-refractivity contribution in [1.29, 1.82) is 0 Å². The fourth-order valence-electron chi connectivity index (χ4n) is 3.69. The van der Waals surface area contributed by atoms with Gasteiger partial charge in [0.15, 0.2) is 5.78 Å². The number of carbonyl (C=O) groups is 3. The van der Waals surface area contributed by atoms with Gasteiger partial charge >= 0.3 is 5.97 Å². The van der Waals surface area contributed by atoms with Crippen LogP contribution in [0, 0.1) is 5.82 Å². The Balaban J connectivity index is 1.78. The summed E-state index contributed by atoms with van der Waals surface area (Å²) in [6.45, 7) is 1.67. The number of fused-ring (bicyclic) bond motifs is 1. The Kier molecular flexibility index (Phi) is 6.21. The Bertz CT molecular complexity index is 1230. The number of aromatic nitrogens is 1. The lowest BCUT2D eigenvalue weighted by atomic mass is 9.92. The van der Waals surface area contributed by atoms with Crippen molar-refractivity contribution < 1.29 is 23.5 Å². The molecule has 2 aromatic carbocycles. The number of pyridine rings is 1. The van der Waals surface area contributed by atoms with Crippen LogP contribution < -0.4 is 0 Å². The van der Waals surface area contributed by atoms with Crippen LogP contribution in [0.1, 0.15) is 43.4 Å². The second kappa shape index (κ2) is 9.22. The molecule has 1 saturated carbocycles. The van der Waals surface area contributed by atoms with E-state index in [1.807, 2.05) is 24.3 Å². The van der Waals surface area contributed by atoms with E-state index >= 15 is 0 Å². The van der Waals surface area contributed by atoms with Gasteiger partial charge in [-0.15, -0.1) is 0 Å². The molecule has 1 heterocycles. The highest BCUT2D eigenvalue weighted by Crippen LogP contribution is 2.45. The van der Waals surface area contributed by atoms with Crippen molar-refractivity contribution in [2.24, 2.45) is 0 Å². The molecule has 0 amide bonds. The molecule has 0 N–H and O–H groups in total. The summed E-state index contributed by atoms with van der Waals surface area (Å²) in [4.78, 5) is 40.6. The van der Waals surface area contributed by atoms with Crippen LogP contribution in [0.15, 0.2) is 54.6 Å². The van der Waals surface area contributed by atoms with Gasteiger partial charge in [-0.2, -0.15) is 0 Å². The van der Waals surface area contributed by atoms with Crippen LogP contribution in [-0.2, 0) is 19.1 Å². The third kappa shape index (κ3) is 4.64. The number of allylic oxidation sites excluding steroid dienone is 1. The zero-order valence-electron chi connectivity index (χ0n) is 17.6. The molecule has 1 aromatic heterocycles. The number of Topliss-reactive ketones (excluding diaryl/α,β-unsaturated/α-hetero) is 1. The smallest absolute Gasteiger partial charge is 0.375 e. The van der Waals surface area contributed by atoms with Gasteiger partial charge in [0.25, 0.3) is 0 Å². The van der Waals surface area contributed by atoms with Crippen molar-refractivity contribution in [1.82, 2.24) is 4.98 Å². The fourth-order valence-corrected chi connectivity index (χ4v) is 3.69. The third-order valence-electron chi connectivity index (χ3n) is 5.33. The predicted molar refractivity (Wildman–Crippen MR) is 119 cm³/mol. The number of halogens is 1. The molecule has 0 atom stereocenters. The molecule has 1 aliphatic carbocycles. The number of carbonyl (C=O) groups excluding carboxylic acids is 3. The average molecular weight is 431 g/mol. The van der Waals surface area contributed by atoms with Crippen LogP contribution >= 0.6 is 0 Å². The topological polar surface area (TPSA) is 73.3 Å². The summed E-state index contributed by atoms with van der Waals surface area (Å²) in [5.41, 5.74) is 4.15. The first-order valence-corrected chi connectivity index (χ1v) is 10.6. The second-order valence-corrected chi connectivity index (χ2v) is 7.70. The van der Waals surface area contributed by atoms with E-state index in [0.29, 0.717) is 0 Å². The monoisotopic (exact) mass is 431 g/mol. The molecule has 6 heteroatoms. The highest BCUT2D eigenvalue weighted by atomic mass is 19.1. The Morgan fingerprint density at radius 2 is 1.81 bits per heavy atom. The van der Waals surface area contributed by atoms with E-state index < -0.39 is 24.0 Å². The summed E-state index contributed by atoms with van der Waals surface area (Å²) in [5, 5.41) is 0.887. The number of esters is 1. The first-order valence-electron chi connectivity index (χ1n) is 10.6. The van der Waals surface area contributed by atoms with Crippen molar-refractivity contribution in [3.63, 3.8) is 0 Å². The van der Waals surface area contributed by atoms with Gasteiger partial charge in [-0.1, -0.05) is 30.3 Å². The van der Waals surface area contributed by atoms with E-state index in [0.717, 1.165) is 46.1 Å². The Morgan fingerprint density at radius 3 is 2.50 bits per heavy atom. The number of hydrogen-bond donors (Lipinski definition) is 0. The molecule has 0 saturated heterocycles. The largest absolute Gasteiger partial charge is 0.460 e. The number of rotatable bonds is 8. The Labute approximate surface area is 184 Å². The van der Waals surface area contributed by atoms with Gasteiger partial charge in [0.2, 0.25) is 5.78 Å². The molecule has 0 aliphatic heterocycles. The molecule has 0 radical (unpaired) electrons. The Hall–Kier alpha value is -3.67. The van der Waals surface area contributed by atoms with Gasteiger partial charge in [-0.25, -0.2) is 9.18 Å². The fraction of sp³-hybridized carbons (Fsp3) is 0.231. The molecule has 5 nitrogen and oxygen atoms in total. The van der Waals surface area contributed by atoms with Crippen LogP contribution in [0.4, 0.5) is 4.39 Å². The van der Waals surface area contributed by atoms with Crippen LogP contribution in [0.25, 0.3) is 28.1 Å². The van der Waals surface area contributed by atoms with Gasteiger partial charge in [0.05, 0.1) is 24.2 Å². The number of para-hydroxylation sites is 1. The number of ketones is 2. The highest BCUT2D eigenvalue weighted by Gasteiger charge is 2.29. The van der Waals surface area contributed by atoms with E-state index in [1.54, 1.807) is 25.1 Å². The van der Waals surface area contributed by atoms with Gasteiger partial charge in [-0.3, -0.25) is 14.6 Å². The maximum Gasteiger partial charge on any atom is 0.375 e. The van der Waals surface area contributed by atoms with Crippen LogP contribution in [-0.4, -0.2) is 29.1 Å². The molecule has 4 rings (SSSR count). The molecule has 0 unspecified atom stereocenters. The minimum absolute atomic E-state index is 0.0726. The van der Waals surface area contributed by atoms with Crippen LogP contribution in [0.2, 0.25) is 0 Å². The lowest BCUT2D eigenvalue weighted by Crippen LogP contribution is -2.19. The minimum atomic E-state index is -1.01. The normalized spacial score (nSPS) is 13.4. The summed E-state index contributed by atoms with van der Waals surface area (Å²) in [6.07, 6.45) is 4.42. The summed E-state index contributed by atoms with van der Waals surface area (Å²) in [5.74, 6) is -2.43. The molecule has 162 valence electrons. The van der Waals surface area contributed by atoms with Crippen LogP contribution in [0.3, 0.4) is 0 Å². The van der Waals surface area contributed by atoms with Crippen LogP contribution in [0.5, 0.6) is 0 Å². The van der Waals surface area contributed by atoms with E-state index in [9.17, 15) is 18.8 Å². The standard InChI is InChI=1S/C26H22FNO4/c1-2-32-26(31)23(30)15-19(29)13-14-21-24(16-9-11-18(27)12-10-16)20-5-3-4-6-22(20)28-25(21)17-7-8-17/h3-6,9-14,17H,2,7-8,15H2,1H3/b14-13+. The van der Waals surface area contributed by atoms with E-state index in [1.165, 1.54) is 18.2 Å². The number of benzene rings is 2. The molecular weight excluding hydrogens is 409 g/mol. The Morgan fingerprint density at radius 1 is 1.09 bits per heavy atom. The average Bonchev–Trinajstić information content (AvgIpc) is 3.63. The van der Waals surface area contributed by atoms with Gasteiger partial charge < -0.3 is 4.74 Å². The summed E-state index contributed by atoms with van der Waals surface area (Å²) < 4.78 is 18.2. The summed E-state index contributed by atoms with van der Waals surface area (Å²) in [6, 6.07) is 13.9. The predicted octanol–water partition coefficient (Wildman–Crippen LogP) is 5.02. The molecule has 0 spiro atoms. The highest BCUT2D eigenvalue weighted by molar-refractivity contribution is 6.37.